The smallest absolute Gasteiger partial charge is 0.129 e. The van der Waals surface area contributed by atoms with Crippen molar-refractivity contribution < 1.29 is 4.74 Å². The van der Waals surface area contributed by atoms with Crippen LogP contribution in [-0.4, -0.2) is 22.8 Å². The van der Waals surface area contributed by atoms with Crippen molar-refractivity contribution in [2.24, 2.45) is 7.05 Å². The molecular weight excluding hydrogens is 250 g/mol. The molecule has 3 rings (SSSR count). The van der Waals surface area contributed by atoms with Crippen molar-refractivity contribution in [3.05, 3.63) is 29.6 Å². The Morgan fingerprint density at radius 2 is 2.05 bits per heavy atom. The summed E-state index contributed by atoms with van der Waals surface area (Å²) >= 11 is 0. The molecule has 1 saturated heterocycles. The van der Waals surface area contributed by atoms with Gasteiger partial charge in [-0.1, -0.05) is 26.8 Å². The zero-order chi connectivity index (χ0) is 14.5. The van der Waals surface area contributed by atoms with Crippen LogP contribution in [0.15, 0.2) is 18.2 Å². The fourth-order valence-corrected chi connectivity index (χ4v) is 2.77. The molecule has 1 aliphatic rings. The van der Waals surface area contributed by atoms with E-state index in [0.717, 1.165) is 22.4 Å². The largest absolute Gasteiger partial charge is 0.377 e. The van der Waals surface area contributed by atoms with Gasteiger partial charge >= 0.3 is 0 Å². The van der Waals surface area contributed by atoms with Crippen LogP contribution in [-0.2, 0) is 22.6 Å². The van der Waals surface area contributed by atoms with E-state index in [1.54, 1.807) is 0 Å². The molecule has 1 fully saturated rings. The van der Waals surface area contributed by atoms with Gasteiger partial charge in [0.2, 0.25) is 0 Å². The summed E-state index contributed by atoms with van der Waals surface area (Å²) in [5, 5.41) is 9.40. The van der Waals surface area contributed by atoms with Crippen molar-refractivity contribution >= 4 is 11.0 Å². The molecule has 0 amide bonds. The van der Waals surface area contributed by atoms with E-state index in [2.05, 4.69) is 37.5 Å². The maximum Gasteiger partial charge on any atom is 0.129 e. The number of hydrogen-bond donors (Lipinski definition) is 0. The van der Waals surface area contributed by atoms with Crippen LogP contribution in [0.2, 0.25) is 0 Å². The van der Waals surface area contributed by atoms with Crippen LogP contribution in [0, 0.1) is 11.3 Å². The second-order valence-corrected chi connectivity index (χ2v) is 6.63. The van der Waals surface area contributed by atoms with Crippen LogP contribution >= 0.6 is 0 Å². The highest BCUT2D eigenvalue weighted by Crippen LogP contribution is 2.34. The summed E-state index contributed by atoms with van der Waals surface area (Å²) in [6, 6.07) is 8.52. The summed E-state index contributed by atoms with van der Waals surface area (Å²) in [5.41, 5.74) is 2.59. The van der Waals surface area contributed by atoms with Gasteiger partial charge in [0.15, 0.2) is 0 Å². The molecule has 1 aliphatic heterocycles. The number of benzene rings is 1. The minimum Gasteiger partial charge on any atom is -0.377 e. The Hall–Kier alpha value is -1.86. The van der Waals surface area contributed by atoms with Crippen LogP contribution in [0.4, 0.5) is 0 Å². The second kappa shape index (κ2) is 4.07. The maximum atomic E-state index is 9.40. The zero-order valence-corrected chi connectivity index (χ0v) is 12.4. The molecule has 2 aromatic rings. The van der Waals surface area contributed by atoms with E-state index in [4.69, 9.17) is 9.72 Å². The topological polar surface area (TPSA) is 50.8 Å². The highest BCUT2D eigenvalue weighted by Gasteiger charge is 2.41. The van der Waals surface area contributed by atoms with E-state index >= 15 is 0 Å². The van der Waals surface area contributed by atoms with Crippen molar-refractivity contribution in [1.29, 1.82) is 5.26 Å². The molecule has 20 heavy (non-hydrogen) atoms. The molecule has 4 nitrogen and oxygen atoms in total. The van der Waals surface area contributed by atoms with E-state index in [9.17, 15) is 5.26 Å². The van der Waals surface area contributed by atoms with Gasteiger partial charge in [-0.3, -0.25) is 0 Å². The first-order valence-corrected chi connectivity index (χ1v) is 6.84. The minimum atomic E-state index is -0.479. The number of nitriles is 1. The number of rotatable bonds is 1. The standard InChI is InChI=1S/C16H19N3O/c1-15(2,3)14-18-12-7-11(5-6-13(12)19(14)4)16(8-17)9-20-10-16/h5-7H,9-10H2,1-4H3. The van der Waals surface area contributed by atoms with E-state index in [-0.39, 0.29) is 5.41 Å². The molecule has 2 heterocycles. The van der Waals surface area contributed by atoms with Gasteiger partial charge < -0.3 is 9.30 Å². The van der Waals surface area contributed by atoms with Gasteiger partial charge in [0.25, 0.3) is 0 Å². The monoisotopic (exact) mass is 269 g/mol. The molecule has 0 N–H and O–H groups in total. The van der Waals surface area contributed by atoms with E-state index in [1.807, 2.05) is 19.2 Å². The average molecular weight is 269 g/mol. The van der Waals surface area contributed by atoms with Crippen LogP contribution in [0.3, 0.4) is 0 Å². The molecule has 0 radical (unpaired) electrons. The predicted molar refractivity (Wildman–Crippen MR) is 77.5 cm³/mol. The summed E-state index contributed by atoms with van der Waals surface area (Å²) in [7, 11) is 2.04. The fourth-order valence-electron chi connectivity index (χ4n) is 2.77. The van der Waals surface area contributed by atoms with Crippen molar-refractivity contribution in [3.8, 4) is 6.07 Å². The van der Waals surface area contributed by atoms with Gasteiger partial charge in [0, 0.05) is 12.5 Å². The summed E-state index contributed by atoms with van der Waals surface area (Å²) in [4.78, 5) is 4.76. The Morgan fingerprint density at radius 3 is 2.55 bits per heavy atom. The van der Waals surface area contributed by atoms with Crippen molar-refractivity contribution in [3.63, 3.8) is 0 Å². The lowest BCUT2D eigenvalue weighted by Crippen LogP contribution is -2.45. The molecule has 0 saturated carbocycles. The van der Waals surface area contributed by atoms with Gasteiger partial charge in [-0.05, 0) is 17.7 Å². The van der Waals surface area contributed by atoms with Gasteiger partial charge in [-0.15, -0.1) is 0 Å². The van der Waals surface area contributed by atoms with E-state index in [1.165, 1.54) is 0 Å². The zero-order valence-electron chi connectivity index (χ0n) is 12.4. The molecule has 0 spiro atoms. The SMILES string of the molecule is Cn1c(C(C)(C)C)nc2cc(C3(C#N)COC3)ccc21. The lowest BCUT2D eigenvalue weighted by atomic mass is 9.80. The van der Waals surface area contributed by atoms with Crippen LogP contribution in [0.5, 0.6) is 0 Å². The van der Waals surface area contributed by atoms with E-state index < -0.39 is 5.41 Å². The summed E-state index contributed by atoms with van der Waals surface area (Å²) in [6.07, 6.45) is 0. The van der Waals surface area contributed by atoms with Crippen molar-refractivity contribution in [2.75, 3.05) is 13.2 Å². The van der Waals surface area contributed by atoms with Crippen LogP contribution in [0.1, 0.15) is 32.2 Å². The van der Waals surface area contributed by atoms with Crippen LogP contribution in [0.25, 0.3) is 11.0 Å². The number of aromatic nitrogens is 2. The molecule has 0 atom stereocenters. The lowest BCUT2D eigenvalue weighted by Gasteiger charge is -2.35. The van der Waals surface area contributed by atoms with Crippen molar-refractivity contribution in [1.82, 2.24) is 9.55 Å². The summed E-state index contributed by atoms with van der Waals surface area (Å²) in [5.74, 6) is 1.06. The fraction of sp³-hybridized carbons (Fsp3) is 0.500. The molecule has 1 aromatic carbocycles. The van der Waals surface area contributed by atoms with Gasteiger partial charge in [0.1, 0.15) is 11.2 Å². The second-order valence-electron chi connectivity index (χ2n) is 6.63. The van der Waals surface area contributed by atoms with Crippen LogP contribution < -0.4 is 0 Å². The molecule has 0 bridgehead atoms. The highest BCUT2D eigenvalue weighted by atomic mass is 16.5. The Bertz CT molecular complexity index is 712. The summed E-state index contributed by atoms with van der Waals surface area (Å²) < 4.78 is 7.37. The van der Waals surface area contributed by atoms with Gasteiger partial charge in [0.05, 0.1) is 30.3 Å². The first-order valence-electron chi connectivity index (χ1n) is 6.84. The molecule has 4 heteroatoms. The van der Waals surface area contributed by atoms with E-state index in [0.29, 0.717) is 13.2 Å². The van der Waals surface area contributed by atoms with Gasteiger partial charge in [-0.25, -0.2) is 4.98 Å². The number of aryl methyl sites for hydroxylation is 1. The number of hydrogen-bond acceptors (Lipinski definition) is 3. The third-order valence-corrected chi connectivity index (χ3v) is 4.02. The Morgan fingerprint density at radius 1 is 1.35 bits per heavy atom. The Labute approximate surface area is 119 Å². The third kappa shape index (κ3) is 1.74. The molecular formula is C16H19N3O. The first kappa shape index (κ1) is 13.1. The Kier molecular flexibility index (Phi) is 2.67. The number of ether oxygens (including phenoxy) is 1. The number of imidazole rings is 1. The Balaban J connectivity index is 2.16. The molecule has 0 aliphatic carbocycles. The lowest BCUT2D eigenvalue weighted by molar-refractivity contribution is -0.0297. The quantitative estimate of drug-likeness (QED) is 0.799. The maximum absolute atomic E-state index is 9.40. The number of nitrogens with zero attached hydrogens (tertiary/aromatic N) is 3. The van der Waals surface area contributed by atoms with Gasteiger partial charge in [-0.2, -0.15) is 5.26 Å². The highest BCUT2D eigenvalue weighted by molar-refractivity contribution is 5.77. The molecule has 104 valence electrons. The normalized spacial score (nSPS) is 17.8. The third-order valence-electron chi connectivity index (χ3n) is 4.02. The average Bonchev–Trinajstić information content (AvgIpc) is 2.66. The minimum absolute atomic E-state index is 0.000426. The molecule has 1 aromatic heterocycles. The summed E-state index contributed by atoms with van der Waals surface area (Å²) in [6.45, 7) is 7.44. The first-order chi connectivity index (χ1) is 9.37. The van der Waals surface area contributed by atoms with Crippen molar-refractivity contribution in [2.45, 2.75) is 31.6 Å². The molecule has 0 unspecified atom stereocenters. The number of fused-ring (bicyclic) bond motifs is 1. The predicted octanol–water partition coefficient (Wildman–Crippen LogP) is 2.66.